The lowest BCUT2D eigenvalue weighted by atomic mass is 10.0. The minimum Gasteiger partial charge on any atom is -0.507 e. The standard InChI is InChI=1S/C15H27N3O.CH2Cl2/c1-16(2)9-12-7-13(10-17(3)4)15(19)14(8-12)11-18(5)6;2-1-3/h7-8,19H,9-11H2,1-6H3;1H2. The summed E-state index contributed by atoms with van der Waals surface area (Å²) in [4.78, 5) is 6.30. The van der Waals surface area contributed by atoms with Crippen molar-refractivity contribution in [1.82, 2.24) is 14.7 Å². The second-order valence-corrected chi connectivity index (χ2v) is 6.89. The summed E-state index contributed by atoms with van der Waals surface area (Å²) in [5.41, 5.74) is 3.25. The van der Waals surface area contributed by atoms with Crippen LogP contribution < -0.4 is 0 Å². The number of hydrogen-bond donors (Lipinski definition) is 1. The molecule has 6 heteroatoms. The highest BCUT2D eigenvalue weighted by Gasteiger charge is 2.12. The van der Waals surface area contributed by atoms with Gasteiger partial charge in [0, 0.05) is 30.8 Å². The van der Waals surface area contributed by atoms with E-state index in [9.17, 15) is 5.11 Å². The second kappa shape index (κ2) is 11.1. The third kappa shape index (κ3) is 8.81. The Morgan fingerprint density at radius 1 is 0.773 bits per heavy atom. The van der Waals surface area contributed by atoms with Crippen LogP contribution in [0.5, 0.6) is 5.75 Å². The van der Waals surface area contributed by atoms with Crippen molar-refractivity contribution < 1.29 is 5.11 Å². The van der Waals surface area contributed by atoms with Crippen molar-refractivity contribution in [2.75, 3.05) is 47.6 Å². The predicted molar refractivity (Wildman–Crippen MR) is 96.9 cm³/mol. The van der Waals surface area contributed by atoms with Crippen LogP contribution >= 0.6 is 23.2 Å². The number of rotatable bonds is 6. The third-order valence-electron chi connectivity index (χ3n) is 2.80. The van der Waals surface area contributed by atoms with Crippen LogP contribution in [0.1, 0.15) is 16.7 Å². The second-order valence-electron chi connectivity index (χ2n) is 6.08. The van der Waals surface area contributed by atoms with Gasteiger partial charge in [0.1, 0.15) is 5.75 Å². The summed E-state index contributed by atoms with van der Waals surface area (Å²) < 4.78 is 0. The molecular formula is C16H29Cl2N3O. The van der Waals surface area contributed by atoms with Crippen LogP contribution in [-0.4, -0.2) is 67.4 Å². The van der Waals surface area contributed by atoms with Crippen LogP contribution in [0.2, 0.25) is 0 Å². The Morgan fingerprint density at radius 3 is 1.36 bits per heavy atom. The first-order valence-corrected chi connectivity index (χ1v) is 8.17. The van der Waals surface area contributed by atoms with Gasteiger partial charge in [-0.25, -0.2) is 0 Å². The summed E-state index contributed by atoms with van der Waals surface area (Å²) in [5, 5.41) is 10.6. The molecule has 0 fully saturated rings. The molecule has 0 aliphatic rings. The van der Waals surface area contributed by atoms with Crippen LogP contribution in [0.15, 0.2) is 12.1 Å². The Hall–Kier alpha value is -0.520. The van der Waals surface area contributed by atoms with E-state index in [1.54, 1.807) is 0 Å². The van der Waals surface area contributed by atoms with Crippen LogP contribution in [0, 0.1) is 0 Å². The zero-order chi connectivity index (χ0) is 17.3. The molecular weight excluding hydrogens is 321 g/mol. The van der Waals surface area contributed by atoms with Crippen molar-refractivity contribution in [2.45, 2.75) is 19.6 Å². The lowest BCUT2D eigenvalue weighted by molar-refractivity contribution is 0.365. The number of aromatic hydroxyl groups is 1. The van der Waals surface area contributed by atoms with Gasteiger partial charge in [0.25, 0.3) is 0 Å². The molecule has 0 bridgehead atoms. The average Bonchev–Trinajstić information content (AvgIpc) is 2.33. The molecule has 0 atom stereocenters. The van der Waals surface area contributed by atoms with Gasteiger partial charge in [0.15, 0.2) is 0 Å². The zero-order valence-electron chi connectivity index (χ0n) is 14.5. The largest absolute Gasteiger partial charge is 0.507 e. The molecule has 0 spiro atoms. The zero-order valence-corrected chi connectivity index (χ0v) is 16.0. The van der Waals surface area contributed by atoms with Crippen molar-refractivity contribution in [3.8, 4) is 5.75 Å². The molecule has 128 valence electrons. The smallest absolute Gasteiger partial charge is 0.124 e. The first kappa shape index (κ1) is 21.5. The van der Waals surface area contributed by atoms with E-state index >= 15 is 0 Å². The summed E-state index contributed by atoms with van der Waals surface area (Å²) in [5.74, 6) is 0.435. The molecule has 1 rings (SSSR count). The molecule has 0 radical (unpaired) electrons. The van der Waals surface area contributed by atoms with E-state index in [0.717, 1.165) is 30.8 Å². The van der Waals surface area contributed by atoms with Gasteiger partial charge < -0.3 is 19.8 Å². The Balaban J connectivity index is 0.00000135. The van der Waals surface area contributed by atoms with Gasteiger partial charge >= 0.3 is 0 Å². The number of phenols is 1. The molecule has 1 aromatic carbocycles. The molecule has 0 unspecified atom stereocenters. The van der Waals surface area contributed by atoms with Gasteiger partial charge in [-0.2, -0.15) is 0 Å². The van der Waals surface area contributed by atoms with Gasteiger partial charge in [-0.15, -0.1) is 23.2 Å². The minimum absolute atomic E-state index is 0.194. The third-order valence-corrected chi connectivity index (χ3v) is 2.80. The van der Waals surface area contributed by atoms with E-state index < -0.39 is 0 Å². The molecule has 22 heavy (non-hydrogen) atoms. The van der Waals surface area contributed by atoms with Crippen molar-refractivity contribution in [3.63, 3.8) is 0 Å². The Kier molecular flexibility index (Phi) is 10.8. The van der Waals surface area contributed by atoms with Gasteiger partial charge in [-0.3, -0.25) is 0 Å². The molecule has 0 aliphatic carbocycles. The maximum atomic E-state index is 10.4. The highest BCUT2D eigenvalue weighted by molar-refractivity contribution is 6.40. The minimum atomic E-state index is 0.194. The fourth-order valence-electron chi connectivity index (χ4n) is 2.21. The van der Waals surface area contributed by atoms with Crippen molar-refractivity contribution >= 4 is 23.2 Å². The lowest BCUT2D eigenvalue weighted by Crippen LogP contribution is -2.16. The van der Waals surface area contributed by atoms with Gasteiger partial charge in [-0.1, -0.05) is 0 Å². The van der Waals surface area contributed by atoms with E-state index in [1.165, 1.54) is 5.56 Å². The summed E-state index contributed by atoms with van der Waals surface area (Å²) in [7, 11) is 12.2. The fourth-order valence-corrected chi connectivity index (χ4v) is 2.21. The highest BCUT2D eigenvalue weighted by atomic mass is 35.5. The summed E-state index contributed by atoms with van der Waals surface area (Å²) in [6.07, 6.45) is 0. The van der Waals surface area contributed by atoms with E-state index in [0.29, 0.717) is 5.75 Å². The van der Waals surface area contributed by atoms with E-state index in [4.69, 9.17) is 23.2 Å². The fraction of sp³-hybridized carbons (Fsp3) is 0.625. The molecule has 0 heterocycles. The van der Waals surface area contributed by atoms with Crippen LogP contribution in [-0.2, 0) is 19.6 Å². The molecule has 0 aliphatic heterocycles. The van der Waals surface area contributed by atoms with Crippen LogP contribution in [0.25, 0.3) is 0 Å². The van der Waals surface area contributed by atoms with Crippen molar-refractivity contribution in [1.29, 1.82) is 0 Å². The Bertz CT molecular complexity index is 406. The number of hydrogen-bond acceptors (Lipinski definition) is 4. The molecule has 0 saturated carbocycles. The van der Waals surface area contributed by atoms with Crippen molar-refractivity contribution in [3.05, 3.63) is 28.8 Å². The quantitative estimate of drug-likeness (QED) is 0.799. The molecule has 0 saturated heterocycles. The number of benzene rings is 1. The van der Waals surface area contributed by atoms with Gasteiger partial charge in [0.05, 0.1) is 5.34 Å². The molecule has 4 nitrogen and oxygen atoms in total. The predicted octanol–water partition coefficient (Wildman–Crippen LogP) is 3.00. The van der Waals surface area contributed by atoms with Gasteiger partial charge in [-0.05, 0) is 60.0 Å². The summed E-state index contributed by atoms with van der Waals surface area (Å²) in [6.45, 7) is 2.40. The lowest BCUT2D eigenvalue weighted by Gasteiger charge is -2.19. The summed E-state index contributed by atoms with van der Waals surface area (Å²) in [6, 6.07) is 4.21. The van der Waals surface area contributed by atoms with Gasteiger partial charge in [0.2, 0.25) is 0 Å². The van der Waals surface area contributed by atoms with Crippen molar-refractivity contribution in [2.24, 2.45) is 0 Å². The maximum absolute atomic E-state index is 10.4. The van der Waals surface area contributed by atoms with E-state index in [1.807, 2.05) is 28.2 Å². The number of alkyl halides is 2. The first-order valence-electron chi connectivity index (χ1n) is 7.11. The average molecular weight is 350 g/mol. The summed E-state index contributed by atoms with van der Waals surface area (Å²) >= 11 is 9.53. The monoisotopic (exact) mass is 349 g/mol. The normalized spacial score (nSPS) is 11.0. The van der Waals surface area contributed by atoms with Crippen LogP contribution in [0.4, 0.5) is 0 Å². The first-order chi connectivity index (χ1) is 10.2. The SMILES string of the molecule is CN(C)Cc1cc(CN(C)C)c(O)c(CN(C)C)c1.ClCCl. The maximum Gasteiger partial charge on any atom is 0.124 e. The molecule has 0 amide bonds. The molecule has 1 N–H and O–H groups in total. The Labute approximate surface area is 145 Å². The van der Waals surface area contributed by atoms with Crippen LogP contribution in [0.3, 0.4) is 0 Å². The number of phenolic OH excluding ortho intramolecular Hbond substituents is 1. The number of halogens is 2. The Morgan fingerprint density at radius 2 is 1.09 bits per heavy atom. The van der Waals surface area contributed by atoms with E-state index in [-0.39, 0.29) is 5.34 Å². The van der Waals surface area contributed by atoms with E-state index in [2.05, 4.69) is 40.9 Å². The topological polar surface area (TPSA) is 30.0 Å². The molecule has 0 aromatic heterocycles. The number of nitrogens with zero attached hydrogens (tertiary/aromatic N) is 3. The molecule has 1 aromatic rings. The highest BCUT2D eigenvalue weighted by Crippen LogP contribution is 2.27.